The van der Waals surface area contributed by atoms with E-state index in [-0.39, 0.29) is 30.2 Å². The Morgan fingerprint density at radius 1 is 0.925 bits per heavy atom. The molecule has 0 spiro atoms. The molecule has 0 aliphatic heterocycles. The van der Waals surface area contributed by atoms with Crippen LogP contribution in [0.5, 0.6) is 0 Å². The first-order valence-electron chi connectivity index (χ1n) is 12.7. The predicted molar refractivity (Wildman–Crippen MR) is 149 cm³/mol. The Morgan fingerprint density at radius 3 is 2.30 bits per heavy atom. The molecule has 0 saturated carbocycles. The van der Waals surface area contributed by atoms with Gasteiger partial charge in [-0.2, -0.15) is 4.98 Å². The van der Waals surface area contributed by atoms with Gasteiger partial charge in [0.25, 0.3) is 18.3 Å². The molecule has 8 heteroatoms. The number of nitrogens with zero attached hydrogens (tertiary/aromatic N) is 2. The van der Waals surface area contributed by atoms with Gasteiger partial charge in [-0.15, -0.1) is 0 Å². The van der Waals surface area contributed by atoms with Crippen LogP contribution >= 0.6 is 0 Å². The van der Waals surface area contributed by atoms with Gasteiger partial charge >= 0.3 is 0 Å². The van der Waals surface area contributed by atoms with Crippen LogP contribution in [0.4, 0.5) is 4.39 Å². The van der Waals surface area contributed by atoms with Gasteiger partial charge in [0.1, 0.15) is 5.82 Å². The van der Waals surface area contributed by atoms with Crippen LogP contribution in [0.3, 0.4) is 0 Å². The molecule has 0 bridgehead atoms. The van der Waals surface area contributed by atoms with Crippen LogP contribution in [-0.2, 0) is 16.0 Å². The molecule has 1 heterocycles. The lowest BCUT2D eigenvalue weighted by Gasteiger charge is -2.17. The molecule has 4 aromatic carbocycles. The summed E-state index contributed by atoms with van der Waals surface area (Å²) in [7, 11) is 0. The summed E-state index contributed by atoms with van der Waals surface area (Å²) in [5, 5.41) is 6.63. The first kappa shape index (κ1) is 26.5. The van der Waals surface area contributed by atoms with Gasteiger partial charge in [-0.1, -0.05) is 70.9 Å². The maximum absolute atomic E-state index is 15.1. The number of hydrogen-bond donors (Lipinski definition) is 1. The number of carbonyl (C=O) groups excluding carboxylic acids is 2. The molecule has 40 heavy (non-hydrogen) atoms. The van der Waals surface area contributed by atoms with Crippen LogP contribution in [0.25, 0.3) is 34.0 Å². The zero-order valence-corrected chi connectivity index (χ0v) is 21.9. The summed E-state index contributed by atoms with van der Waals surface area (Å²) in [4.78, 5) is 28.5. The van der Waals surface area contributed by atoms with E-state index in [1.807, 2.05) is 68.4 Å². The van der Waals surface area contributed by atoms with E-state index in [2.05, 4.69) is 15.5 Å². The number of amides is 1. The Morgan fingerprint density at radius 2 is 1.62 bits per heavy atom. The number of aryl methyl sites for hydroxylation is 2. The molecule has 0 fully saturated rings. The van der Waals surface area contributed by atoms with Crippen molar-refractivity contribution in [2.24, 2.45) is 0 Å². The number of benzene rings is 4. The molecular weight excluding hydrogens is 509 g/mol. The number of nitrogens with one attached hydrogen (secondary N) is 1. The van der Waals surface area contributed by atoms with Gasteiger partial charge in [-0.25, -0.2) is 4.39 Å². The minimum atomic E-state index is -1.00. The second-order valence-corrected chi connectivity index (χ2v) is 9.45. The Bertz CT molecular complexity index is 1650. The lowest BCUT2D eigenvalue weighted by molar-refractivity contribution is -0.134. The topological polar surface area (TPSA) is 94.3 Å². The molecule has 0 aliphatic rings. The van der Waals surface area contributed by atoms with E-state index in [1.165, 1.54) is 12.1 Å². The minimum absolute atomic E-state index is 0.0557. The Hall–Kier alpha value is -5.11. The van der Waals surface area contributed by atoms with Gasteiger partial charge < -0.3 is 14.6 Å². The van der Waals surface area contributed by atoms with Crippen LogP contribution in [0, 0.1) is 19.7 Å². The van der Waals surface area contributed by atoms with Crippen molar-refractivity contribution in [1.29, 1.82) is 0 Å². The Kier molecular flexibility index (Phi) is 7.77. The molecular formula is C32H26FN3O4. The van der Waals surface area contributed by atoms with Gasteiger partial charge in [0.15, 0.2) is 6.23 Å². The quantitative estimate of drug-likeness (QED) is 0.176. The third-order valence-corrected chi connectivity index (χ3v) is 6.44. The van der Waals surface area contributed by atoms with Gasteiger partial charge in [0.2, 0.25) is 5.82 Å². The molecule has 1 amide bonds. The van der Waals surface area contributed by atoms with E-state index in [0.717, 1.165) is 27.8 Å². The van der Waals surface area contributed by atoms with Crippen molar-refractivity contribution in [2.45, 2.75) is 26.5 Å². The average molecular weight is 536 g/mol. The molecule has 200 valence electrons. The van der Waals surface area contributed by atoms with Crippen LogP contribution in [-0.4, -0.2) is 28.7 Å². The number of halogens is 1. The number of rotatable bonds is 9. The fraction of sp³-hybridized carbons (Fsp3) is 0.125. The van der Waals surface area contributed by atoms with Crippen molar-refractivity contribution < 1.29 is 23.2 Å². The summed E-state index contributed by atoms with van der Waals surface area (Å²) in [5.41, 5.74) is 5.89. The lowest BCUT2D eigenvalue weighted by atomic mass is 10.0. The van der Waals surface area contributed by atoms with E-state index in [4.69, 9.17) is 9.26 Å². The smallest absolute Gasteiger partial charge is 0.295 e. The molecule has 0 aliphatic carbocycles. The highest BCUT2D eigenvalue weighted by Crippen LogP contribution is 2.26. The highest BCUT2D eigenvalue weighted by molar-refractivity contribution is 5.95. The number of carbonyl (C=O) groups is 2. The first-order valence-corrected chi connectivity index (χ1v) is 12.7. The summed E-state index contributed by atoms with van der Waals surface area (Å²) in [6.45, 7) is 4.23. The number of hydrogen-bond acceptors (Lipinski definition) is 6. The van der Waals surface area contributed by atoms with Crippen LogP contribution in [0.1, 0.15) is 27.0 Å². The molecule has 0 saturated heterocycles. The molecule has 0 unspecified atom stereocenters. The van der Waals surface area contributed by atoms with Crippen molar-refractivity contribution in [3.63, 3.8) is 0 Å². The van der Waals surface area contributed by atoms with Crippen molar-refractivity contribution in [2.75, 3.05) is 0 Å². The zero-order valence-electron chi connectivity index (χ0n) is 21.9. The standard InChI is InChI=1S/C32H26FN3O4/c1-20-6-11-23(12-7-20)25-4-3-5-26(18-25)31(38)34-29(39-19-37)17-22-10-15-27(28(33)16-22)30-35-32(40-36-30)24-13-8-21(2)9-14-24/h3-16,18-19,29H,17H2,1-2H3,(H,34,38)/t29-/m1/s1. The molecule has 5 rings (SSSR count). The van der Waals surface area contributed by atoms with E-state index >= 15 is 4.39 Å². The SMILES string of the molecule is Cc1ccc(-c2cccc(C(=O)N[C@@H](Cc3ccc(-c4noc(-c5ccc(C)cc5)n4)c(F)c3)OC=O)c2)cc1. The maximum atomic E-state index is 15.1. The van der Waals surface area contributed by atoms with Gasteiger partial charge in [0, 0.05) is 17.5 Å². The van der Waals surface area contributed by atoms with Crippen molar-refractivity contribution in [1.82, 2.24) is 15.5 Å². The van der Waals surface area contributed by atoms with Crippen molar-refractivity contribution in [3.8, 4) is 34.0 Å². The minimum Gasteiger partial charge on any atom is -0.444 e. The van der Waals surface area contributed by atoms with Gasteiger partial charge in [0.05, 0.1) is 5.56 Å². The van der Waals surface area contributed by atoms with Crippen LogP contribution in [0.15, 0.2) is 95.5 Å². The van der Waals surface area contributed by atoms with E-state index < -0.39 is 18.0 Å². The highest BCUT2D eigenvalue weighted by Gasteiger charge is 2.19. The summed E-state index contributed by atoms with van der Waals surface area (Å²) in [6, 6.07) is 27.2. The molecule has 5 aromatic rings. The second kappa shape index (κ2) is 11.7. The normalized spacial score (nSPS) is 11.6. The maximum Gasteiger partial charge on any atom is 0.295 e. The van der Waals surface area contributed by atoms with Gasteiger partial charge in [-0.3, -0.25) is 9.59 Å². The van der Waals surface area contributed by atoms with E-state index in [9.17, 15) is 9.59 Å². The third kappa shape index (κ3) is 6.13. The fourth-order valence-electron chi connectivity index (χ4n) is 4.24. The third-order valence-electron chi connectivity index (χ3n) is 6.44. The summed E-state index contributed by atoms with van der Waals surface area (Å²) < 4.78 is 25.5. The molecule has 1 aromatic heterocycles. The van der Waals surface area contributed by atoms with E-state index in [1.54, 1.807) is 24.3 Å². The number of ether oxygens (including phenoxy) is 1. The summed E-state index contributed by atoms with van der Waals surface area (Å²) >= 11 is 0. The first-order chi connectivity index (χ1) is 19.4. The second-order valence-electron chi connectivity index (χ2n) is 9.45. The average Bonchev–Trinajstić information content (AvgIpc) is 3.44. The molecule has 0 radical (unpaired) electrons. The van der Waals surface area contributed by atoms with Crippen LogP contribution in [0.2, 0.25) is 0 Å². The van der Waals surface area contributed by atoms with Crippen molar-refractivity contribution >= 4 is 12.4 Å². The molecule has 7 nitrogen and oxygen atoms in total. The van der Waals surface area contributed by atoms with Gasteiger partial charge in [-0.05, 0) is 66.9 Å². The summed E-state index contributed by atoms with van der Waals surface area (Å²) in [5.74, 6) is -0.599. The highest BCUT2D eigenvalue weighted by atomic mass is 19.1. The van der Waals surface area contributed by atoms with Crippen molar-refractivity contribution in [3.05, 3.63) is 119 Å². The molecule has 1 atom stereocenters. The predicted octanol–water partition coefficient (Wildman–Crippen LogP) is 6.30. The Balaban J connectivity index is 1.29. The largest absolute Gasteiger partial charge is 0.444 e. The summed E-state index contributed by atoms with van der Waals surface area (Å²) in [6.07, 6.45) is -0.947. The van der Waals surface area contributed by atoms with E-state index in [0.29, 0.717) is 11.1 Å². The Labute approximate surface area is 230 Å². The monoisotopic (exact) mass is 535 g/mol. The number of aromatic nitrogens is 2. The van der Waals surface area contributed by atoms with Crippen LogP contribution < -0.4 is 5.32 Å². The lowest BCUT2D eigenvalue weighted by Crippen LogP contribution is -2.38. The zero-order chi connectivity index (χ0) is 28.1. The molecule has 1 N–H and O–H groups in total. The fourth-order valence-corrected chi connectivity index (χ4v) is 4.24.